The molecule has 1 nitrogen and oxygen atoms in total. The number of hydrogen-bond acceptors (Lipinski definition) is 1. The summed E-state index contributed by atoms with van der Waals surface area (Å²) >= 11 is 0. The topological polar surface area (TPSA) is 17.1 Å². The van der Waals surface area contributed by atoms with Crippen molar-refractivity contribution in [3.63, 3.8) is 0 Å². The minimum Gasteiger partial charge on any atom is -0.294 e. The highest BCUT2D eigenvalue weighted by Gasteiger charge is 1.99. The fraction of sp³-hybridized carbons (Fsp3) is 0.118. The van der Waals surface area contributed by atoms with Crippen molar-refractivity contribution in [1.82, 2.24) is 0 Å². The van der Waals surface area contributed by atoms with Gasteiger partial charge in [-0.1, -0.05) is 66.2 Å². The van der Waals surface area contributed by atoms with Crippen LogP contribution in [-0.4, -0.2) is 5.78 Å². The van der Waals surface area contributed by atoms with Gasteiger partial charge in [-0.15, -0.1) is 0 Å². The maximum absolute atomic E-state index is 11.8. The average molecular weight is 236 g/mol. The third-order valence-corrected chi connectivity index (χ3v) is 2.72. The second-order valence-electron chi connectivity index (χ2n) is 4.38. The molecule has 0 saturated carbocycles. The molecule has 0 aromatic heterocycles. The first kappa shape index (κ1) is 12.3. The Kier molecular flexibility index (Phi) is 4.08. The first-order chi connectivity index (χ1) is 8.74. The van der Waals surface area contributed by atoms with Crippen LogP contribution in [0.3, 0.4) is 0 Å². The lowest BCUT2D eigenvalue weighted by Crippen LogP contribution is -1.98. The largest absolute Gasteiger partial charge is 0.294 e. The molecule has 90 valence electrons. The predicted octanol–water partition coefficient (Wildman–Crippen LogP) is 3.82. The fourth-order valence-corrected chi connectivity index (χ4v) is 1.84. The molecule has 0 heterocycles. The molecular formula is C17H16O. The summed E-state index contributed by atoms with van der Waals surface area (Å²) in [6.07, 6.45) is 3.97. The van der Waals surface area contributed by atoms with Gasteiger partial charge in [0, 0.05) is 6.42 Å². The van der Waals surface area contributed by atoms with E-state index in [4.69, 9.17) is 0 Å². The van der Waals surface area contributed by atoms with Crippen molar-refractivity contribution in [2.75, 3.05) is 0 Å². The molecule has 0 radical (unpaired) electrons. The molecule has 2 rings (SSSR count). The van der Waals surface area contributed by atoms with E-state index in [0.717, 1.165) is 11.1 Å². The van der Waals surface area contributed by atoms with Crippen LogP contribution < -0.4 is 0 Å². The SMILES string of the molecule is Cc1cccc(CC(=O)/C=C/c2ccccc2)c1. The Morgan fingerprint density at radius 3 is 2.56 bits per heavy atom. The van der Waals surface area contributed by atoms with Crippen LogP contribution >= 0.6 is 0 Å². The molecule has 0 bridgehead atoms. The zero-order chi connectivity index (χ0) is 12.8. The molecule has 0 aliphatic heterocycles. The van der Waals surface area contributed by atoms with E-state index in [2.05, 4.69) is 0 Å². The van der Waals surface area contributed by atoms with Gasteiger partial charge in [-0.2, -0.15) is 0 Å². The number of allylic oxidation sites excluding steroid dienone is 1. The number of ketones is 1. The summed E-state index contributed by atoms with van der Waals surface area (Å²) < 4.78 is 0. The molecule has 0 atom stereocenters. The number of carbonyl (C=O) groups excluding carboxylic acids is 1. The van der Waals surface area contributed by atoms with E-state index in [1.165, 1.54) is 5.56 Å². The minimum absolute atomic E-state index is 0.129. The molecule has 0 aliphatic rings. The molecule has 0 fully saturated rings. The monoisotopic (exact) mass is 236 g/mol. The Hall–Kier alpha value is -2.15. The lowest BCUT2D eigenvalue weighted by Gasteiger charge is -1.99. The molecule has 18 heavy (non-hydrogen) atoms. The highest BCUT2D eigenvalue weighted by Crippen LogP contribution is 2.06. The molecule has 0 N–H and O–H groups in total. The maximum atomic E-state index is 11.8. The summed E-state index contributed by atoms with van der Waals surface area (Å²) in [5, 5.41) is 0. The van der Waals surface area contributed by atoms with Gasteiger partial charge in [0.1, 0.15) is 0 Å². The van der Waals surface area contributed by atoms with Crippen LogP contribution in [0.4, 0.5) is 0 Å². The quantitative estimate of drug-likeness (QED) is 0.737. The van der Waals surface area contributed by atoms with Crippen molar-refractivity contribution in [3.8, 4) is 0 Å². The Balaban J connectivity index is 1.99. The van der Waals surface area contributed by atoms with Crippen LogP contribution in [0, 0.1) is 6.92 Å². The third-order valence-electron chi connectivity index (χ3n) is 2.72. The van der Waals surface area contributed by atoms with Crippen molar-refractivity contribution in [1.29, 1.82) is 0 Å². The van der Waals surface area contributed by atoms with E-state index in [1.54, 1.807) is 6.08 Å². The van der Waals surface area contributed by atoms with Gasteiger partial charge in [0.25, 0.3) is 0 Å². The van der Waals surface area contributed by atoms with Crippen molar-refractivity contribution >= 4 is 11.9 Å². The van der Waals surface area contributed by atoms with Gasteiger partial charge in [0.2, 0.25) is 0 Å². The van der Waals surface area contributed by atoms with Gasteiger partial charge in [-0.05, 0) is 24.1 Å². The van der Waals surface area contributed by atoms with E-state index >= 15 is 0 Å². The fourth-order valence-electron chi connectivity index (χ4n) is 1.84. The van der Waals surface area contributed by atoms with Gasteiger partial charge in [-0.25, -0.2) is 0 Å². The van der Waals surface area contributed by atoms with Crippen molar-refractivity contribution < 1.29 is 4.79 Å². The normalized spacial score (nSPS) is 10.7. The number of aryl methyl sites for hydroxylation is 1. The van der Waals surface area contributed by atoms with E-state index < -0.39 is 0 Å². The summed E-state index contributed by atoms with van der Waals surface area (Å²) in [7, 11) is 0. The lowest BCUT2D eigenvalue weighted by atomic mass is 10.1. The molecule has 0 amide bonds. The molecule has 0 unspecified atom stereocenters. The standard InChI is InChI=1S/C17H16O/c1-14-6-5-9-16(12-14)13-17(18)11-10-15-7-3-2-4-8-15/h2-12H,13H2,1H3/b11-10+. The van der Waals surface area contributed by atoms with Crippen LogP contribution in [-0.2, 0) is 11.2 Å². The number of rotatable bonds is 4. The number of benzene rings is 2. The van der Waals surface area contributed by atoms with Gasteiger partial charge in [-0.3, -0.25) is 4.79 Å². The average Bonchev–Trinajstić information content (AvgIpc) is 2.38. The Morgan fingerprint density at radius 1 is 1.06 bits per heavy atom. The van der Waals surface area contributed by atoms with Crippen LogP contribution in [0.2, 0.25) is 0 Å². The molecule has 0 saturated heterocycles. The minimum atomic E-state index is 0.129. The van der Waals surface area contributed by atoms with Crippen LogP contribution in [0.15, 0.2) is 60.7 Å². The Labute approximate surface area is 108 Å². The zero-order valence-corrected chi connectivity index (χ0v) is 10.5. The summed E-state index contributed by atoms with van der Waals surface area (Å²) in [6.45, 7) is 2.04. The summed E-state index contributed by atoms with van der Waals surface area (Å²) in [5.41, 5.74) is 3.31. The summed E-state index contributed by atoms with van der Waals surface area (Å²) in [5.74, 6) is 0.129. The molecule has 0 aliphatic carbocycles. The van der Waals surface area contributed by atoms with Crippen LogP contribution in [0.25, 0.3) is 6.08 Å². The van der Waals surface area contributed by atoms with Crippen molar-refractivity contribution in [3.05, 3.63) is 77.4 Å². The van der Waals surface area contributed by atoms with Gasteiger partial charge >= 0.3 is 0 Å². The first-order valence-electron chi connectivity index (χ1n) is 6.05. The highest BCUT2D eigenvalue weighted by atomic mass is 16.1. The smallest absolute Gasteiger partial charge is 0.160 e. The Bertz CT molecular complexity index is 553. The third kappa shape index (κ3) is 3.70. The van der Waals surface area contributed by atoms with E-state index in [-0.39, 0.29) is 5.78 Å². The molecule has 0 spiro atoms. The number of hydrogen-bond donors (Lipinski definition) is 0. The maximum Gasteiger partial charge on any atom is 0.160 e. The van der Waals surface area contributed by atoms with Gasteiger partial charge in [0.05, 0.1) is 0 Å². The Morgan fingerprint density at radius 2 is 1.83 bits per heavy atom. The molecular weight excluding hydrogens is 220 g/mol. The summed E-state index contributed by atoms with van der Waals surface area (Å²) in [4.78, 5) is 11.8. The zero-order valence-electron chi connectivity index (χ0n) is 10.5. The van der Waals surface area contributed by atoms with E-state index in [0.29, 0.717) is 6.42 Å². The van der Waals surface area contributed by atoms with Gasteiger partial charge < -0.3 is 0 Å². The first-order valence-corrected chi connectivity index (χ1v) is 6.05. The number of carbonyl (C=O) groups is 1. The lowest BCUT2D eigenvalue weighted by molar-refractivity contribution is -0.113. The van der Waals surface area contributed by atoms with Crippen molar-refractivity contribution in [2.24, 2.45) is 0 Å². The van der Waals surface area contributed by atoms with Crippen molar-refractivity contribution in [2.45, 2.75) is 13.3 Å². The van der Waals surface area contributed by atoms with E-state index in [1.807, 2.05) is 67.6 Å². The molecule has 2 aromatic rings. The van der Waals surface area contributed by atoms with Gasteiger partial charge in [0.15, 0.2) is 5.78 Å². The second kappa shape index (κ2) is 5.97. The van der Waals surface area contributed by atoms with Crippen LogP contribution in [0.5, 0.6) is 0 Å². The second-order valence-corrected chi connectivity index (χ2v) is 4.38. The summed E-state index contributed by atoms with van der Waals surface area (Å²) in [6, 6.07) is 17.9. The van der Waals surface area contributed by atoms with Crippen LogP contribution in [0.1, 0.15) is 16.7 Å². The predicted molar refractivity (Wildman–Crippen MR) is 75.4 cm³/mol. The highest BCUT2D eigenvalue weighted by molar-refractivity contribution is 5.95. The molecule has 1 heteroatoms. The molecule has 2 aromatic carbocycles. The van der Waals surface area contributed by atoms with E-state index in [9.17, 15) is 4.79 Å².